The van der Waals surface area contributed by atoms with Crippen LogP contribution in [0.25, 0.3) is 0 Å². The predicted molar refractivity (Wildman–Crippen MR) is 309 cm³/mol. The normalized spacial score (nSPS) is 22.3. The Morgan fingerprint density at radius 3 is 2.06 bits per heavy atom. The lowest BCUT2D eigenvalue weighted by atomic mass is 9.77. The van der Waals surface area contributed by atoms with Crippen LogP contribution in [0.4, 0.5) is 0 Å². The van der Waals surface area contributed by atoms with Crippen LogP contribution in [0.3, 0.4) is 0 Å². The number of carbonyl (C=O) groups is 7. The van der Waals surface area contributed by atoms with E-state index in [1.165, 1.54) is 17.7 Å². The van der Waals surface area contributed by atoms with Gasteiger partial charge in [-0.15, -0.1) is 0 Å². The minimum absolute atomic E-state index is 0.0185. The summed E-state index contributed by atoms with van der Waals surface area (Å²) in [6.07, 6.45) is 10.1. The van der Waals surface area contributed by atoms with Crippen LogP contribution in [0.1, 0.15) is 150 Å². The van der Waals surface area contributed by atoms with E-state index in [0.717, 1.165) is 49.8 Å². The molecule has 11 unspecified atom stereocenters. The number of imide groups is 1. The van der Waals surface area contributed by atoms with Crippen LogP contribution in [0.2, 0.25) is 0 Å². The number of rotatable bonds is 39. The number of nitrogens with one attached hydrogen (secondary N) is 1. The van der Waals surface area contributed by atoms with E-state index in [2.05, 4.69) is 38.2 Å². The van der Waals surface area contributed by atoms with Crippen molar-refractivity contribution in [2.45, 2.75) is 175 Å². The van der Waals surface area contributed by atoms with Gasteiger partial charge in [0.25, 0.3) is 11.8 Å². The number of hydrogen-bond acceptors (Lipinski definition) is 14. The monoisotopic (exact) mass is 1140 g/mol. The highest BCUT2D eigenvalue weighted by atomic mass is 16.7. The van der Waals surface area contributed by atoms with Crippen molar-refractivity contribution in [1.29, 1.82) is 0 Å². The van der Waals surface area contributed by atoms with E-state index >= 15 is 0 Å². The van der Waals surface area contributed by atoms with Gasteiger partial charge in [-0.05, 0) is 105 Å². The smallest absolute Gasteiger partial charge is 0.253 e. The Morgan fingerprint density at radius 1 is 0.790 bits per heavy atom. The van der Waals surface area contributed by atoms with Gasteiger partial charge in [0.05, 0.1) is 89.5 Å². The third kappa shape index (κ3) is 19.8. The number of likely N-dealkylation sites (N-methyl/N-ethyl adjacent to an activating group) is 1. The Kier molecular flexibility index (Phi) is 28.1. The summed E-state index contributed by atoms with van der Waals surface area (Å²) in [5.41, 5.74) is 1.02. The molecular formula is C63H101N5O13. The number of nitrogens with zero attached hydrogens (tertiary/aromatic N) is 4. The highest BCUT2D eigenvalue weighted by Gasteiger charge is 2.55. The van der Waals surface area contributed by atoms with Crippen molar-refractivity contribution in [3.8, 4) is 0 Å². The number of hydroxylamine groups is 2. The second-order valence-corrected chi connectivity index (χ2v) is 24.3. The minimum atomic E-state index is -0.677. The molecule has 1 N–H and O–H groups in total. The van der Waals surface area contributed by atoms with Crippen molar-refractivity contribution in [2.24, 2.45) is 40.9 Å². The van der Waals surface area contributed by atoms with Crippen molar-refractivity contribution in [3.05, 3.63) is 48.0 Å². The highest BCUT2D eigenvalue weighted by molar-refractivity contribution is 6.12. The second-order valence-electron chi connectivity index (χ2n) is 24.3. The van der Waals surface area contributed by atoms with Gasteiger partial charge >= 0.3 is 0 Å². The van der Waals surface area contributed by atoms with E-state index in [0.29, 0.717) is 85.0 Å². The van der Waals surface area contributed by atoms with Crippen molar-refractivity contribution in [1.82, 2.24) is 25.1 Å². The molecule has 3 fully saturated rings. The standard InChI is InChI=1S/C63H101N5O13/c1-12-46(7)49(38-45(6)39-53(70)59(43(2)3)64-62(75)60(44(4)5)65(9)29-32-78-34-36-80-37-35-79-33-30-67-55(71)24-25-56(67)72)54(76-10)40-57(73)66-27-19-22-51(66)61(77-11)47(8)52(69)23-18-26-63(41-50(63)48-20-14-13-15-21-48)42-58(74)68-28-16-17-31-81-68/h13-15,20-21,24-25,43-47,49-51,54,59-61H,12,16-19,22-23,26-42H2,1-11H3,(H,64,75). The van der Waals surface area contributed by atoms with Gasteiger partial charge in [0.1, 0.15) is 5.78 Å². The third-order valence-electron chi connectivity index (χ3n) is 17.7. The topological polar surface area (TPSA) is 200 Å². The van der Waals surface area contributed by atoms with Gasteiger partial charge in [0, 0.05) is 71.2 Å². The Morgan fingerprint density at radius 2 is 1.46 bits per heavy atom. The zero-order valence-corrected chi connectivity index (χ0v) is 51.0. The SMILES string of the molecule is CCC(C)C(CC(C)CC(=O)C(NC(=O)C(C(C)C)N(C)CCOCCOCCOCCN1C(=O)C=CC1=O)C(C)C)C(CC(=O)N1CCCC1C(OC)C(C)C(=O)CCCC1(CC(=O)N2CCCCO2)CC1c1ccccc1)OC. The van der Waals surface area contributed by atoms with E-state index in [1.54, 1.807) is 19.3 Å². The predicted octanol–water partition coefficient (Wildman–Crippen LogP) is 7.61. The van der Waals surface area contributed by atoms with Crippen LogP contribution < -0.4 is 5.32 Å². The zero-order chi connectivity index (χ0) is 59.2. The summed E-state index contributed by atoms with van der Waals surface area (Å²) in [6, 6.07) is 8.94. The third-order valence-corrected chi connectivity index (χ3v) is 17.7. The largest absolute Gasteiger partial charge is 0.381 e. The number of Topliss-reactive ketones (excluding diaryl/α,β-unsaturated/α-hetero) is 2. The summed E-state index contributed by atoms with van der Waals surface area (Å²) >= 11 is 0. The molecule has 5 amide bonds. The number of amides is 5. The van der Waals surface area contributed by atoms with Gasteiger partial charge in [-0.3, -0.25) is 48.2 Å². The average molecular weight is 1140 g/mol. The molecule has 456 valence electrons. The molecule has 18 heteroatoms. The molecule has 1 aromatic rings. The van der Waals surface area contributed by atoms with Gasteiger partial charge in [-0.1, -0.05) is 92.1 Å². The molecule has 81 heavy (non-hydrogen) atoms. The molecule has 0 aromatic heterocycles. The second kappa shape index (κ2) is 33.8. The molecule has 1 saturated carbocycles. The maximum absolute atomic E-state index is 14.5. The zero-order valence-electron chi connectivity index (χ0n) is 51.0. The number of hydrogen-bond donors (Lipinski definition) is 1. The molecule has 0 bridgehead atoms. The Labute approximate surface area is 484 Å². The van der Waals surface area contributed by atoms with Crippen molar-refractivity contribution >= 4 is 41.1 Å². The maximum Gasteiger partial charge on any atom is 0.253 e. The van der Waals surface area contributed by atoms with E-state index in [9.17, 15) is 33.6 Å². The Hall–Kier alpha value is -4.43. The number of benzene rings is 1. The lowest BCUT2D eigenvalue weighted by Gasteiger charge is -2.37. The van der Waals surface area contributed by atoms with Crippen LogP contribution >= 0.6 is 0 Å². The van der Waals surface area contributed by atoms with Gasteiger partial charge in [0.15, 0.2) is 5.78 Å². The molecular weight excluding hydrogens is 1030 g/mol. The fourth-order valence-electron chi connectivity index (χ4n) is 12.7. The van der Waals surface area contributed by atoms with Gasteiger partial charge in [0.2, 0.25) is 17.7 Å². The molecule has 0 spiro atoms. The molecule has 0 radical (unpaired) electrons. The summed E-state index contributed by atoms with van der Waals surface area (Å²) < 4.78 is 29.2. The number of methoxy groups -OCH3 is 2. The van der Waals surface area contributed by atoms with Crippen LogP contribution in [-0.4, -0.2) is 185 Å². The summed E-state index contributed by atoms with van der Waals surface area (Å²) in [5, 5.41) is 4.68. The first-order valence-corrected chi connectivity index (χ1v) is 30.4. The number of ketones is 2. The molecule has 3 heterocycles. The maximum atomic E-state index is 14.5. The molecule has 18 nitrogen and oxygen atoms in total. The summed E-state index contributed by atoms with van der Waals surface area (Å²) in [4.78, 5) is 104. The molecule has 1 aromatic carbocycles. The number of carbonyl (C=O) groups excluding carboxylic acids is 7. The van der Waals surface area contributed by atoms with Crippen molar-refractivity contribution in [3.63, 3.8) is 0 Å². The highest BCUT2D eigenvalue weighted by Crippen LogP contribution is 2.64. The lowest BCUT2D eigenvalue weighted by Crippen LogP contribution is -2.54. The first-order chi connectivity index (χ1) is 38.8. The van der Waals surface area contributed by atoms with Crippen LogP contribution in [0.5, 0.6) is 0 Å². The first-order valence-electron chi connectivity index (χ1n) is 30.4. The van der Waals surface area contributed by atoms with Gasteiger partial charge in [-0.2, -0.15) is 0 Å². The van der Waals surface area contributed by atoms with Crippen molar-refractivity contribution in [2.75, 3.05) is 93.7 Å². The quantitative estimate of drug-likeness (QED) is 0.0499. The van der Waals surface area contributed by atoms with E-state index < -0.39 is 30.2 Å². The summed E-state index contributed by atoms with van der Waals surface area (Å²) in [5.74, 6) is -1.02. The molecule has 4 aliphatic rings. The molecule has 2 saturated heterocycles. The fourth-order valence-corrected chi connectivity index (χ4v) is 12.7. The molecule has 3 aliphatic heterocycles. The average Bonchev–Trinajstić information content (AvgIpc) is 3.98. The van der Waals surface area contributed by atoms with Gasteiger partial charge < -0.3 is 33.9 Å². The van der Waals surface area contributed by atoms with Crippen LogP contribution in [0.15, 0.2) is 42.5 Å². The van der Waals surface area contributed by atoms with E-state index in [4.69, 9.17) is 28.5 Å². The molecule has 1 aliphatic carbocycles. The van der Waals surface area contributed by atoms with E-state index in [1.807, 2.05) is 69.7 Å². The van der Waals surface area contributed by atoms with Crippen molar-refractivity contribution < 1.29 is 62.1 Å². The van der Waals surface area contributed by atoms with Gasteiger partial charge in [-0.25, -0.2) is 5.06 Å². The Balaban J connectivity index is 1.08. The number of likely N-dealkylation sites (tertiary alicyclic amines) is 1. The minimum Gasteiger partial charge on any atom is -0.381 e. The summed E-state index contributed by atoms with van der Waals surface area (Å²) in [7, 11) is 5.18. The lowest BCUT2D eigenvalue weighted by molar-refractivity contribution is -0.198. The van der Waals surface area contributed by atoms with Crippen LogP contribution in [0, 0.1) is 40.9 Å². The fraction of sp³-hybridized carbons (Fsp3) is 0.762. The Bertz CT molecular complexity index is 2170. The van der Waals surface area contributed by atoms with Crippen LogP contribution in [-0.2, 0) is 62.1 Å². The molecule has 11 atom stereocenters. The van der Waals surface area contributed by atoms with E-state index in [-0.39, 0.29) is 114 Å². The number of ether oxygens (including phenoxy) is 5. The molecule has 5 rings (SSSR count). The summed E-state index contributed by atoms with van der Waals surface area (Å²) in [6.45, 7) is 20.6. The first kappa shape index (κ1) is 67.4.